The van der Waals surface area contributed by atoms with Crippen LogP contribution in [-0.2, 0) is 10.0 Å². The minimum atomic E-state index is -3.37. The maximum absolute atomic E-state index is 13.0. The molecule has 0 bridgehead atoms. The largest absolute Gasteiger partial charge is 0.314 e. The summed E-state index contributed by atoms with van der Waals surface area (Å²) in [7, 11) is -3.37. The van der Waals surface area contributed by atoms with Crippen molar-refractivity contribution in [3.63, 3.8) is 0 Å². The van der Waals surface area contributed by atoms with Gasteiger partial charge in [0.15, 0.2) is 0 Å². The topological polar surface area (TPSA) is 52.7 Å². The van der Waals surface area contributed by atoms with Crippen LogP contribution in [0, 0.1) is 0 Å². The van der Waals surface area contributed by atoms with Crippen LogP contribution >= 0.6 is 0 Å². The van der Waals surface area contributed by atoms with Gasteiger partial charge in [0.2, 0.25) is 10.0 Å². The molecular weight excluding hydrogens is 346 g/mol. The number of hydrogen-bond acceptors (Lipinski definition) is 4. The predicted molar refractivity (Wildman–Crippen MR) is 104 cm³/mol. The Hall–Kier alpha value is -0.950. The van der Waals surface area contributed by atoms with Crippen LogP contribution in [0.1, 0.15) is 50.0 Å². The molecule has 144 valence electrons. The van der Waals surface area contributed by atoms with Crippen LogP contribution in [0.5, 0.6) is 0 Å². The van der Waals surface area contributed by atoms with Gasteiger partial charge in [-0.2, -0.15) is 4.31 Å². The van der Waals surface area contributed by atoms with Gasteiger partial charge in [-0.1, -0.05) is 31.4 Å². The number of benzene rings is 1. The Morgan fingerprint density at radius 2 is 1.58 bits per heavy atom. The van der Waals surface area contributed by atoms with E-state index in [1.165, 1.54) is 37.7 Å². The quantitative estimate of drug-likeness (QED) is 0.875. The van der Waals surface area contributed by atoms with Crippen molar-refractivity contribution in [2.75, 3.05) is 39.3 Å². The molecule has 5 nitrogen and oxygen atoms in total. The molecule has 2 heterocycles. The third-order valence-corrected chi connectivity index (χ3v) is 8.27. The first kappa shape index (κ1) is 18.4. The number of nitrogens with one attached hydrogen (secondary N) is 1. The summed E-state index contributed by atoms with van der Waals surface area (Å²) in [5.41, 5.74) is 1.31. The fraction of sp³-hybridized carbons (Fsp3) is 0.700. The van der Waals surface area contributed by atoms with Crippen molar-refractivity contribution in [1.29, 1.82) is 0 Å². The van der Waals surface area contributed by atoms with E-state index in [2.05, 4.69) is 10.2 Å². The minimum absolute atomic E-state index is 0.369. The molecule has 2 saturated heterocycles. The average Bonchev–Trinajstić information content (AvgIpc) is 3.21. The smallest absolute Gasteiger partial charge is 0.243 e. The molecule has 0 radical (unpaired) electrons. The summed E-state index contributed by atoms with van der Waals surface area (Å²) in [5.74, 6) is 0.615. The van der Waals surface area contributed by atoms with E-state index in [4.69, 9.17) is 0 Å². The molecule has 4 rings (SSSR count). The van der Waals surface area contributed by atoms with Crippen molar-refractivity contribution in [3.8, 4) is 0 Å². The zero-order chi connectivity index (χ0) is 18.0. The Balaban J connectivity index is 1.43. The van der Waals surface area contributed by atoms with E-state index in [-0.39, 0.29) is 0 Å². The lowest BCUT2D eigenvalue weighted by Crippen LogP contribution is -2.49. The van der Waals surface area contributed by atoms with Gasteiger partial charge in [-0.25, -0.2) is 8.42 Å². The molecule has 0 spiro atoms. The third-order valence-electron chi connectivity index (χ3n) is 6.39. The van der Waals surface area contributed by atoms with Gasteiger partial charge < -0.3 is 5.32 Å². The molecule has 0 amide bonds. The first-order valence-corrected chi connectivity index (χ1v) is 11.6. The van der Waals surface area contributed by atoms with E-state index in [0.717, 1.165) is 32.6 Å². The van der Waals surface area contributed by atoms with Gasteiger partial charge in [0, 0.05) is 45.3 Å². The van der Waals surface area contributed by atoms with Crippen LogP contribution in [0.2, 0.25) is 0 Å². The van der Waals surface area contributed by atoms with Crippen molar-refractivity contribution in [2.45, 2.75) is 55.4 Å². The summed E-state index contributed by atoms with van der Waals surface area (Å²) in [6.07, 6.45) is 7.36. The van der Waals surface area contributed by atoms with Crippen LogP contribution in [-0.4, -0.2) is 62.9 Å². The van der Waals surface area contributed by atoms with Gasteiger partial charge in [0.1, 0.15) is 0 Å². The lowest BCUT2D eigenvalue weighted by atomic mass is 9.84. The first-order valence-electron chi connectivity index (χ1n) is 10.2. The third kappa shape index (κ3) is 3.84. The molecule has 1 aromatic rings. The molecule has 1 atom stereocenters. The summed E-state index contributed by atoms with van der Waals surface area (Å²) in [4.78, 5) is 2.90. The summed E-state index contributed by atoms with van der Waals surface area (Å²) in [6.45, 7) is 5.33. The van der Waals surface area contributed by atoms with Crippen molar-refractivity contribution in [2.24, 2.45) is 0 Å². The average molecular weight is 378 g/mol. The molecule has 3 aliphatic rings. The van der Waals surface area contributed by atoms with Crippen molar-refractivity contribution < 1.29 is 8.42 Å². The minimum Gasteiger partial charge on any atom is -0.314 e. The Morgan fingerprint density at radius 1 is 0.885 bits per heavy atom. The van der Waals surface area contributed by atoms with E-state index >= 15 is 0 Å². The monoisotopic (exact) mass is 377 g/mol. The second kappa shape index (κ2) is 7.97. The maximum Gasteiger partial charge on any atom is 0.243 e. The molecule has 6 heteroatoms. The van der Waals surface area contributed by atoms with Crippen molar-refractivity contribution >= 4 is 10.0 Å². The Bertz CT molecular complexity index is 692. The lowest BCUT2D eigenvalue weighted by Gasteiger charge is -2.32. The SMILES string of the molecule is O=S(=O)(c1ccc(C2CCCCC2)cc1)N1CCC(N2CCNCC2)C1. The molecule has 1 aromatic carbocycles. The summed E-state index contributed by atoms with van der Waals surface area (Å²) in [5, 5.41) is 3.36. The summed E-state index contributed by atoms with van der Waals surface area (Å²) in [6, 6.07) is 8.13. The number of hydrogen-bond donors (Lipinski definition) is 1. The van der Waals surface area contributed by atoms with Crippen molar-refractivity contribution in [3.05, 3.63) is 29.8 Å². The van der Waals surface area contributed by atoms with Crippen LogP contribution in [0.4, 0.5) is 0 Å². The van der Waals surface area contributed by atoms with Gasteiger partial charge in [-0.3, -0.25) is 4.90 Å². The molecular formula is C20H31N3O2S. The number of piperazine rings is 1. The second-order valence-corrected chi connectivity index (χ2v) is 9.93. The van der Waals surface area contributed by atoms with Gasteiger partial charge in [0.05, 0.1) is 4.90 Å². The fourth-order valence-electron chi connectivity index (χ4n) is 4.77. The van der Waals surface area contributed by atoms with E-state index in [0.29, 0.717) is 29.9 Å². The normalized spacial score (nSPS) is 27.0. The first-order chi connectivity index (χ1) is 12.6. The van der Waals surface area contributed by atoms with E-state index in [1.54, 1.807) is 4.31 Å². The number of nitrogens with zero attached hydrogens (tertiary/aromatic N) is 2. The molecule has 1 unspecified atom stereocenters. The summed E-state index contributed by atoms with van der Waals surface area (Å²) >= 11 is 0. The van der Waals surface area contributed by atoms with Gasteiger partial charge in [0.25, 0.3) is 0 Å². The fourth-order valence-corrected chi connectivity index (χ4v) is 6.26. The lowest BCUT2D eigenvalue weighted by molar-refractivity contribution is 0.179. The van der Waals surface area contributed by atoms with Gasteiger partial charge >= 0.3 is 0 Å². The Labute approximate surface area is 157 Å². The highest BCUT2D eigenvalue weighted by molar-refractivity contribution is 7.89. The maximum atomic E-state index is 13.0. The predicted octanol–water partition coefficient (Wildman–Crippen LogP) is 2.40. The summed E-state index contributed by atoms with van der Waals surface area (Å²) < 4.78 is 27.8. The highest BCUT2D eigenvalue weighted by atomic mass is 32.2. The van der Waals surface area contributed by atoms with Gasteiger partial charge in [-0.05, 0) is 42.9 Å². The number of sulfonamides is 1. The Morgan fingerprint density at radius 3 is 2.27 bits per heavy atom. The molecule has 1 aliphatic carbocycles. The van der Waals surface area contributed by atoms with Crippen molar-refractivity contribution in [1.82, 2.24) is 14.5 Å². The zero-order valence-corrected chi connectivity index (χ0v) is 16.4. The zero-order valence-electron chi connectivity index (χ0n) is 15.6. The molecule has 1 saturated carbocycles. The van der Waals surface area contributed by atoms with Crippen LogP contribution in [0.25, 0.3) is 0 Å². The van der Waals surface area contributed by atoms with E-state index in [9.17, 15) is 8.42 Å². The molecule has 3 fully saturated rings. The molecule has 1 N–H and O–H groups in total. The van der Waals surface area contributed by atoms with E-state index in [1.807, 2.05) is 24.3 Å². The standard InChI is InChI=1S/C20H31N3O2S/c24-26(25,23-13-10-19(16-23)22-14-11-21-12-15-22)20-8-6-18(7-9-20)17-4-2-1-3-5-17/h6-9,17,19,21H,1-5,10-16H2. The van der Waals surface area contributed by atoms with Crippen LogP contribution < -0.4 is 5.32 Å². The number of rotatable bonds is 4. The van der Waals surface area contributed by atoms with Crippen LogP contribution in [0.3, 0.4) is 0 Å². The van der Waals surface area contributed by atoms with Crippen LogP contribution in [0.15, 0.2) is 29.2 Å². The van der Waals surface area contributed by atoms with E-state index < -0.39 is 10.0 Å². The molecule has 26 heavy (non-hydrogen) atoms. The molecule has 2 aliphatic heterocycles. The highest BCUT2D eigenvalue weighted by Gasteiger charge is 2.35. The Kier molecular flexibility index (Phi) is 5.64. The van der Waals surface area contributed by atoms with Gasteiger partial charge in [-0.15, -0.1) is 0 Å². The second-order valence-electron chi connectivity index (χ2n) is 8.00. The molecule has 0 aromatic heterocycles. The highest BCUT2D eigenvalue weighted by Crippen LogP contribution is 2.33.